The van der Waals surface area contributed by atoms with Crippen molar-refractivity contribution in [2.45, 2.75) is 27.3 Å². The van der Waals surface area contributed by atoms with Crippen molar-refractivity contribution in [2.75, 3.05) is 5.73 Å². The molecule has 2 aromatic rings. The molecule has 0 radical (unpaired) electrons. The number of imidazole rings is 1. The van der Waals surface area contributed by atoms with E-state index >= 15 is 0 Å². The summed E-state index contributed by atoms with van der Waals surface area (Å²) >= 11 is 0. The normalized spacial score (nSPS) is 11.1. The number of anilines is 1. The summed E-state index contributed by atoms with van der Waals surface area (Å²) in [7, 11) is 0. The van der Waals surface area contributed by atoms with Gasteiger partial charge in [0, 0.05) is 12.1 Å². The van der Waals surface area contributed by atoms with E-state index in [1.165, 1.54) is 5.56 Å². The molecular weight excluding hydrogens is 210 g/mol. The number of aromatic nitrogens is 2. The van der Waals surface area contributed by atoms with Gasteiger partial charge >= 0.3 is 0 Å². The molecule has 1 heterocycles. The Bertz CT molecular complexity index is 512. The van der Waals surface area contributed by atoms with Crippen LogP contribution >= 0.6 is 0 Å². The van der Waals surface area contributed by atoms with Crippen molar-refractivity contribution in [1.82, 2.24) is 9.55 Å². The fourth-order valence-corrected chi connectivity index (χ4v) is 1.98. The van der Waals surface area contributed by atoms with Gasteiger partial charge in [-0.15, -0.1) is 0 Å². The van der Waals surface area contributed by atoms with Gasteiger partial charge in [-0.1, -0.05) is 38.1 Å². The highest BCUT2D eigenvalue weighted by Gasteiger charge is 2.11. The first-order valence-corrected chi connectivity index (χ1v) is 5.96. The van der Waals surface area contributed by atoms with Gasteiger partial charge in [0.1, 0.15) is 11.5 Å². The molecule has 0 aliphatic heterocycles. The van der Waals surface area contributed by atoms with Crippen LogP contribution < -0.4 is 5.73 Å². The molecule has 0 unspecified atom stereocenters. The Labute approximate surface area is 102 Å². The first-order valence-electron chi connectivity index (χ1n) is 5.96. The van der Waals surface area contributed by atoms with Crippen molar-refractivity contribution in [3.8, 4) is 11.3 Å². The maximum absolute atomic E-state index is 6.15. The molecule has 2 rings (SSSR count). The molecule has 0 spiro atoms. The maximum atomic E-state index is 6.15. The first kappa shape index (κ1) is 11.7. The van der Waals surface area contributed by atoms with Crippen LogP contribution in [0.5, 0.6) is 0 Å². The molecule has 0 fully saturated rings. The summed E-state index contributed by atoms with van der Waals surface area (Å²) < 4.78 is 2.02. The Morgan fingerprint density at radius 3 is 2.65 bits per heavy atom. The van der Waals surface area contributed by atoms with E-state index in [1.807, 2.05) is 23.0 Å². The molecule has 17 heavy (non-hydrogen) atoms. The zero-order valence-electron chi connectivity index (χ0n) is 10.6. The Kier molecular flexibility index (Phi) is 3.18. The van der Waals surface area contributed by atoms with Crippen molar-refractivity contribution in [3.63, 3.8) is 0 Å². The summed E-state index contributed by atoms with van der Waals surface area (Å²) in [5, 5.41) is 0. The molecule has 0 amide bonds. The lowest BCUT2D eigenvalue weighted by Crippen LogP contribution is -2.06. The molecule has 1 aromatic heterocycles. The number of hydrogen-bond donors (Lipinski definition) is 1. The van der Waals surface area contributed by atoms with E-state index < -0.39 is 0 Å². The highest BCUT2D eigenvalue weighted by Crippen LogP contribution is 2.27. The predicted molar refractivity (Wildman–Crippen MR) is 71.7 cm³/mol. The summed E-state index contributed by atoms with van der Waals surface area (Å²) in [6.07, 6.45) is 1.83. The molecule has 90 valence electrons. The van der Waals surface area contributed by atoms with Crippen molar-refractivity contribution in [3.05, 3.63) is 36.2 Å². The highest BCUT2D eigenvalue weighted by atomic mass is 15.1. The summed E-state index contributed by atoms with van der Waals surface area (Å²) in [5.41, 5.74) is 9.37. The van der Waals surface area contributed by atoms with Gasteiger partial charge in [0.15, 0.2) is 0 Å². The third-order valence-corrected chi connectivity index (χ3v) is 2.84. The van der Waals surface area contributed by atoms with E-state index in [0.717, 1.165) is 23.6 Å². The second-order valence-electron chi connectivity index (χ2n) is 4.84. The number of nitrogens with two attached hydrogens (primary N) is 1. The zero-order chi connectivity index (χ0) is 12.4. The third kappa shape index (κ3) is 2.33. The number of rotatable bonds is 3. The van der Waals surface area contributed by atoms with Crippen LogP contribution in [0.15, 0.2) is 30.6 Å². The molecule has 0 saturated heterocycles. The monoisotopic (exact) mass is 229 g/mol. The Morgan fingerprint density at radius 2 is 2.00 bits per heavy atom. The van der Waals surface area contributed by atoms with Crippen LogP contribution in [0.4, 0.5) is 5.82 Å². The number of nitrogen functional groups attached to an aromatic ring is 1. The quantitative estimate of drug-likeness (QED) is 0.879. The molecule has 3 heteroatoms. The van der Waals surface area contributed by atoms with E-state index in [-0.39, 0.29) is 0 Å². The van der Waals surface area contributed by atoms with Gasteiger partial charge in [-0.05, 0) is 18.4 Å². The fraction of sp³-hybridized carbons (Fsp3) is 0.357. The van der Waals surface area contributed by atoms with E-state index in [0.29, 0.717) is 5.92 Å². The van der Waals surface area contributed by atoms with Gasteiger partial charge in [0.25, 0.3) is 0 Å². The second kappa shape index (κ2) is 4.62. The highest BCUT2D eigenvalue weighted by molar-refractivity contribution is 5.72. The summed E-state index contributed by atoms with van der Waals surface area (Å²) in [6.45, 7) is 7.33. The average Bonchev–Trinajstić information content (AvgIpc) is 2.61. The van der Waals surface area contributed by atoms with Crippen LogP contribution in [0.2, 0.25) is 0 Å². The van der Waals surface area contributed by atoms with Gasteiger partial charge < -0.3 is 10.3 Å². The zero-order valence-corrected chi connectivity index (χ0v) is 10.6. The lowest BCUT2D eigenvalue weighted by atomic mass is 10.1. The molecule has 0 saturated carbocycles. The Hall–Kier alpha value is -1.77. The third-order valence-electron chi connectivity index (χ3n) is 2.84. The van der Waals surface area contributed by atoms with E-state index in [2.05, 4.69) is 37.9 Å². The Balaban J connectivity index is 2.41. The van der Waals surface area contributed by atoms with Crippen LogP contribution in [0.1, 0.15) is 19.4 Å². The topological polar surface area (TPSA) is 43.8 Å². The molecule has 1 aromatic carbocycles. The van der Waals surface area contributed by atoms with Gasteiger partial charge in [-0.2, -0.15) is 0 Å². The number of benzene rings is 1. The van der Waals surface area contributed by atoms with Crippen molar-refractivity contribution in [2.24, 2.45) is 5.92 Å². The van der Waals surface area contributed by atoms with Crippen molar-refractivity contribution < 1.29 is 0 Å². The van der Waals surface area contributed by atoms with Crippen LogP contribution in [-0.2, 0) is 6.54 Å². The Morgan fingerprint density at radius 1 is 1.29 bits per heavy atom. The standard InChI is InChI=1S/C14H19N3/c1-10(2)8-17-9-16-13(14(17)15)12-7-5-4-6-11(12)3/h4-7,9-10H,8,15H2,1-3H3. The molecule has 3 nitrogen and oxygen atoms in total. The molecular formula is C14H19N3. The molecule has 2 N–H and O–H groups in total. The van der Waals surface area contributed by atoms with Gasteiger partial charge in [0.2, 0.25) is 0 Å². The fourth-order valence-electron chi connectivity index (χ4n) is 1.98. The van der Waals surface area contributed by atoms with Gasteiger partial charge in [-0.3, -0.25) is 0 Å². The van der Waals surface area contributed by atoms with Crippen LogP contribution in [-0.4, -0.2) is 9.55 Å². The average molecular weight is 229 g/mol. The van der Waals surface area contributed by atoms with Gasteiger partial charge in [0.05, 0.1) is 6.33 Å². The van der Waals surface area contributed by atoms with Crippen molar-refractivity contribution >= 4 is 5.82 Å². The SMILES string of the molecule is Cc1ccccc1-c1ncn(CC(C)C)c1N. The molecule has 0 bridgehead atoms. The van der Waals surface area contributed by atoms with E-state index in [9.17, 15) is 0 Å². The second-order valence-corrected chi connectivity index (χ2v) is 4.84. The van der Waals surface area contributed by atoms with Crippen LogP contribution in [0.25, 0.3) is 11.3 Å². The largest absolute Gasteiger partial charge is 0.383 e. The number of aryl methyl sites for hydroxylation is 1. The molecule has 0 atom stereocenters. The maximum Gasteiger partial charge on any atom is 0.131 e. The lowest BCUT2D eigenvalue weighted by Gasteiger charge is -2.09. The first-order chi connectivity index (χ1) is 8.09. The van der Waals surface area contributed by atoms with E-state index in [1.54, 1.807) is 0 Å². The van der Waals surface area contributed by atoms with Crippen LogP contribution in [0.3, 0.4) is 0 Å². The van der Waals surface area contributed by atoms with Crippen LogP contribution in [0, 0.1) is 12.8 Å². The lowest BCUT2D eigenvalue weighted by molar-refractivity contribution is 0.527. The predicted octanol–water partition coefficient (Wildman–Crippen LogP) is 3.10. The smallest absolute Gasteiger partial charge is 0.131 e. The number of hydrogen-bond acceptors (Lipinski definition) is 2. The minimum atomic E-state index is 0.566. The number of nitrogens with zero attached hydrogens (tertiary/aromatic N) is 2. The summed E-state index contributed by atoms with van der Waals surface area (Å²) in [6, 6.07) is 8.19. The minimum Gasteiger partial charge on any atom is -0.383 e. The molecule has 0 aliphatic rings. The minimum absolute atomic E-state index is 0.566. The molecule has 0 aliphatic carbocycles. The summed E-state index contributed by atoms with van der Waals surface area (Å²) in [5.74, 6) is 1.32. The van der Waals surface area contributed by atoms with Crippen molar-refractivity contribution in [1.29, 1.82) is 0 Å². The van der Waals surface area contributed by atoms with E-state index in [4.69, 9.17) is 5.73 Å². The van der Waals surface area contributed by atoms with Gasteiger partial charge in [-0.25, -0.2) is 4.98 Å². The summed E-state index contributed by atoms with van der Waals surface area (Å²) in [4.78, 5) is 4.44.